The minimum Gasteiger partial charge on any atom is -0.393 e. The number of Topliss-reactive ketones (excluding diaryl/α,β-unsaturated/α-hetero) is 1. The fraction of sp³-hybridized carbons (Fsp3) is 0.607. The van der Waals surface area contributed by atoms with Crippen molar-refractivity contribution in [1.82, 2.24) is 0 Å². The van der Waals surface area contributed by atoms with E-state index in [1.165, 1.54) is 31.3 Å². The Morgan fingerprint density at radius 1 is 1.34 bits per heavy atom. The van der Waals surface area contributed by atoms with E-state index >= 15 is 0 Å². The van der Waals surface area contributed by atoms with Gasteiger partial charge in [0.1, 0.15) is 0 Å². The van der Waals surface area contributed by atoms with Crippen LogP contribution in [0.2, 0.25) is 0 Å². The van der Waals surface area contributed by atoms with Gasteiger partial charge in [-0.05, 0) is 90.7 Å². The summed E-state index contributed by atoms with van der Waals surface area (Å²) in [6, 6.07) is 3.90. The van der Waals surface area contributed by atoms with Crippen LogP contribution in [0.1, 0.15) is 81.3 Å². The summed E-state index contributed by atoms with van der Waals surface area (Å²) in [4.78, 5) is 13.4. The molecule has 0 radical (unpaired) electrons. The molecule has 0 aromatic carbocycles. The van der Waals surface area contributed by atoms with Crippen LogP contribution in [0.4, 0.5) is 0 Å². The molecule has 174 valence electrons. The van der Waals surface area contributed by atoms with E-state index < -0.39 is 12.2 Å². The Kier molecular flexibility index (Phi) is 7.24. The van der Waals surface area contributed by atoms with Gasteiger partial charge in [0.05, 0.1) is 17.1 Å². The van der Waals surface area contributed by atoms with Gasteiger partial charge in [0.25, 0.3) is 0 Å². The van der Waals surface area contributed by atoms with Crippen LogP contribution in [0.3, 0.4) is 0 Å². The second-order valence-electron chi connectivity index (χ2n) is 10.6. The molecule has 0 aliphatic heterocycles. The normalized spacial score (nSPS) is 36.4. The van der Waals surface area contributed by atoms with Crippen molar-refractivity contribution in [3.63, 3.8) is 0 Å². The third kappa shape index (κ3) is 4.73. The topological polar surface area (TPSA) is 57.5 Å². The van der Waals surface area contributed by atoms with E-state index in [-0.39, 0.29) is 0 Å². The van der Waals surface area contributed by atoms with Crippen molar-refractivity contribution in [3.8, 4) is 0 Å². The molecule has 4 rings (SSSR count). The highest BCUT2D eigenvalue weighted by molar-refractivity contribution is 7.12. The summed E-state index contributed by atoms with van der Waals surface area (Å²) < 4.78 is 0. The Morgan fingerprint density at radius 2 is 2.16 bits per heavy atom. The third-order valence-corrected chi connectivity index (χ3v) is 9.52. The van der Waals surface area contributed by atoms with Crippen molar-refractivity contribution in [3.05, 3.63) is 57.8 Å². The first-order valence-electron chi connectivity index (χ1n) is 12.3. The number of ketones is 1. The fourth-order valence-corrected chi connectivity index (χ4v) is 7.49. The monoisotopic (exact) mass is 454 g/mol. The summed E-state index contributed by atoms with van der Waals surface area (Å²) in [6.07, 6.45) is 12.0. The lowest BCUT2D eigenvalue weighted by molar-refractivity contribution is 0.0856. The average Bonchev–Trinajstić information content (AvgIpc) is 3.41. The van der Waals surface area contributed by atoms with Gasteiger partial charge in [-0.15, -0.1) is 11.3 Å². The number of hydrogen-bond donors (Lipinski definition) is 2. The van der Waals surface area contributed by atoms with Crippen LogP contribution in [0.15, 0.2) is 53.0 Å². The van der Waals surface area contributed by atoms with E-state index in [0.717, 1.165) is 28.9 Å². The highest BCUT2D eigenvalue weighted by atomic mass is 32.1. The summed E-state index contributed by atoms with van der Waals surface area (Å²) in [5.41, 5.74) is 3.58. The molecule has 0 unspecified atom stereocenters. The van der Waals surface area contributed by atoms with Gasteiger partial charge in [0.2, 0.25) is 0 Å². The molecule has 3 aliphatic rings. The molecule has 32 heavy (non-hydrogen) atoms. The Balaban J connectivity index is 1.44. The summed E-state index contributed by atoms with van der Waals surface area (Å²) in [5, 5.41) is 22.2. The van der Waals surface area contributed by atoms with Crippen molar-refractivity contribution < 1.29 is 15.0 Å². The third-order valence-electron chi connectivity index (χ3n) is 8.61. The van der Waals surface area contributed by atoms with Gasteiger partial charge >= 0.3 is 0 Å². The van der Waals surface area contributed by atoms with Crippen LogP contribution in [-0.2, 0) is 0 Å². The molecule has 4 heteroatoms. The van der Waals surface area contributed by atoms with Crippen molar-refractivity contribution in [2.45, 2.75) is 83.8 Å². The smallest absolute Gasteiger partial charge is 0.172 e. The van der Waals surface area contributed by atoms with Gasteiger partial charge in [0, 0.05) is 12.8 Å². The maximum absolute atomic E-state index is 12.5. The zero-order valence-corrected chi connectivity index (χ0v) is 20.4. The van der Waals surface area contributed by atoms with Gasteiger partial charge in [-0.1, -0.05) is 44.2 Å². The predicted octanol–water partition coefficient (Wildman–Crippen LogP) is 6.49. The van der Waals surface area contributed by atoms with Crippen LogP contribution in [0.25, 0.3) is 0 Å². The molecule has 0 bridgehead atoms. The van der Waals surface area contributed by atoms with Gasteiger partial charge in [-0.25, -0.2) is 0 Å². The summed E-state index contributed by atoms with van der Waals surface area (Å²) in [5.74, 6) is 2.10. The predicted molar refractivity (Wildman–Crippen MR) is 132 cm³/mol. The van der Waals surface area contributed by atoms with Crippen LogP contribution in [0.5, 0.6) is 0 Å². The lowest BCUT2D eigenvalue weighted by atomic mass is 9.60. The number of aliphatic hydroxyl groups is 2. The number of carbonyl (C=O) groups excluding carboxylic acids is 1. The second kappa shape index (κ2) is 9.79. The zero-order chi connectivity index (χ0) is 22.9. The molecule has 3 fully saturated rings. The molecule has 0 saturated heterocycles. The molecule has 3 aliphatic carbocycles. The van der Waals surface area contributed by atoms with Crippen molar-refractivity contribution in [1.29, 1.82) is 0 Å². The molecular weight excluding hydrogens is 416 g/mol. The average molecular weight is 455 g/mol. The maximum Gasteiger partial charge on any atom is 0.172 e. The molecule has 0 amide bonds. The van der Waals surface area contributed by atoms with Crippen molar-refractivity contribution in [2.24, 2.45) is 23.2 Å². The van der Waals surface area contributed by atoms with E-state index in [9.17, 15) is 15.0 Å². The second-order valence-corrected chi connectivity index (χ2v) is 11.5. The standard InChI is InChI=1S/C28H38O3S/c1-18(8-13-25(30)27-7-5-15-32-27)23-11-12-24-20(6-4-14-28(23,24)3)9-10-21-16-22(29)17-26(31)19(21)2/h5,7,9-10,15,18,22-24,26,29,31H,2,4,6,8,11-14,16-17H2,1,3H3/t18-,22-,23-,24+,26+,28-/m1/s1. The van der Waals surface area contributed by atoms with E-state index in [4.69, 9.17) is 0 Å². The van der Waals surface area contributed by atoms with Crippen LogP contribution >= 0.6 is 11.3 Å². The Morgan fingerprint density at radius 3 is 2.91 bits per heavy atom. The van der Waals surface area contributed by atoms with Gasteiger partial charge in [0.15, 0.2) is 5.78 Å². The number of hydrogen-bond acceptors (Lipinski definition) is 4. The van der Waals surface area contributed by atoms with Gasteiger partial charge in [-0.2, -0.15) is 0 Å². The van der Waals surface area contributed by atoms with E-state index in [0.29, 0.717) is 48.2 Å². The van der Waals surface area contributed by atoms with E-state index in [1.54, 1.807) is 11.3 Å². The molecule has 1 heterocycles. The van der Waals surface area contributed by atoms with Crippen LogP contribution in [0, 0.1) is 23.2 Å². The first-order chi connectivity index (χ1) is 15.3. The minimum atomic E-state index is -0.631. The number of rotatable bonds is 6. The number of thiophene rings is 1. The lowest BCUT2D eigenvalue weighted by Gasteiger charge is -2.44. The molecule has 3 saturated carbocycles. The number of fused-ring (bicyclic) bond motifs is 1. The quantitative estimate of drug-likeness (QED) is 0.483. The molecule has 1 aromatic heterocycles. The van der Waals surface area contributed by atoms with Crippen LogP contribution in [-0.4, -0.2) is 28.2 Å². The number of carbonyl (C=O) groups is 1. The minimum absolute atomic E-state index is 0.291. The molecule has 0 spiro atoms. The number of allylic oxidation sites excluding steroid dienone is 3. The summed E-state index contributed by atoms with van der Waals surface area (Å²) >= 11 is 1.55. The fourth-order valence-electron chi connectivity index (χ4n) is 6.80. The van der Waals surface area contributed by atoms with E-state index in [1.807, 2.05) is 17.5 Å². The van der Waals surface area contributed by atoms with Gasteiger partial charge in [-0.3, -0.25) is 4.79 Å². The Hall–Kier alpha value is -1.49. The highest BCUT2D eigenvalue weighted by Crippen LogP contribution is 2.59. The zero-order valence-electron chi connectivity index (χ0n) is 19.6. The lowest BCUT2D eigenvalue weighted by Crippen LogP contribution is -2.36. The summed E-state index contributed by atoms with van der Waals surface area (Å²) in [7, 11) is 0. The SMILES string of the molecule is C=C1C(=CC=C2CCC[C@]3(C)[C@@H]([C@H](C)CCC(=O)c4cccs4)CC[C@@H]23)C[C@@H](O)C[C@@H]1O. The molecule has 1 aromatic rings. The molecule has 2 N–H and O–H groups in total. The highest BCUT2D eigenvalue weighted by Gasteiger charge is 2.50. The largest absolute Gasteiger partial charge is 0.393 e. The van der Waals surface area contributed by atoms with Crippen LogP contribution < -0.4 is 0 Å². The number of aliphatic hydroxyl groups excluding tert-OH is 2. The summed E-state index contributed by atoms with van der Waals surface area (Å²) in [6.45, 7) is 8.90. The molecule has 6 atom stereocenters. The molecular formula is C28H38O3S. The molecule has 3 nitrogen and oxygen atoms in total. The first-order valence-corrected chi connectivity index (χ1v) is 13.2. The Bertz CT molecular complexity index is 896. The first kappa shape index (κ1) is 23.7. The Labute approximate surface area is 196 Å². The van der Waals surface area contributed by atoms with Gasteiger partial charge < -0.3 is 10.2 Å². The maximum atomic E-state index is 12.5. The van der Waals surface area contributed by atoms with E-state index in [2.05, 4.69) is 32.6 Å². The van der Waals surface area contributed by atoms with Crippen molar-refractivity contribution in [2.75, 3.05) is 0 Å². The van der Waals surface area contributed by atoms with Crippen molar-refractivity contribution >= 4 is 17.1 Å².